The summed E-state index contributed by atoms with van der Waals surface area (Å²) >= 11 is 0. The lowest BCUT2D eigenvalue weighted by atomic mass is 9.79. The number of rotatable bonds is 1. The summed E-state index contributed by atoms with van der Waals surface area (Å²) in [6.07, 6.45) is 1.76. The van der Waals surface area contributed by atoms with Crippen molar-refractivity contribution in [1.82, 2.24) is 4.98 Å². The van der Waals surface area contributed by atoms with E-state index >= 15 is 0 Å². The van der Waals surface area contributed by atoms with Gasteiger partial charge >= 0.3 is 7.12 Å². The smallest absolute Gasteiger partial charge is 0.399 e. The lowest BCUT2D eigenvalue weighted by molar-refractivity contribution is 0.00578. The molecule has 1 aliphatic rings. The van der Waals surface area contributed by atoms with E-state index in [9.17, 15) is 4.39 Å². The third-order valence-corrected chi connectivity index (χ3v) is 4.20. The molecule has 100 valence electrons. The Kier molecular flexibility index (Phi) is 2.56. The topological polar surface area (TPSA) is 34.2 Å². The van der Waals surface area contributed by atoms with Gasteiger partial charge in [-0.1, -0.05) is 12.1 Å². The molecule has 1 fully saturated rings. The average molecular weight is 261 g/mol. The molecule has 0 radical (unpaired) electrons. The summed E-state index contributed by atoms with van der Waals surface area (Å²) in [6.45, 7) is 8.01. The Labute approximate surface area is 112 Å². The summed E-state index contributed by atoms with van der Waals surface area (Å²) in [6, 6.07) is 5.00. The van der Waals surface area contributed by atoms with Gasteiger partial charge in [0.15, 0.2) is 0 Å². The number of aromatic amines is 1. The third kappa shape index (κ3) is 1.80. The molecule has 5 heteroatoms. The molecule has 19 heavy (non-hydrogen) atoms. The zero-order valence-corrected chi connectivity index (χ0v) is 11.6. The molecule has 1 aliphatic heterocycles. The molecule has 3 nitrogen and oxygen atoms in total. The third-order valence-electron chi connectivity index (χ3n) is 4.20. The van der Waals surface area contributed by atoms with Gasteiger partial charge in [-0.05, 0) is 33.8 Å². The van der Waals surface area contributed by atoms with E-state index in [1.807, 2.05) is 33.8 Å². The largest absolute Gasteiger partial charge is 0.497 e. The number of hydrogen-bond acceptors (Lipinski definition) is 2. The quantitative estimate of drug-likeness (QED) is 0.800. The van der Waals surface area contributed by atoms with Crippen LogP contribution in [0.3, 0.4) is 0 Å². The van der Waals surface area contributed by atoms with Crippen LogP contribution in [0.4, 0.5) is 4.39 Å². The van der Waals surface area contributed by atoms with Crippen molar-refractivity contribution in [3.8, 4) is 0 Å². The van der Waals surface area contributed by atoms with E-state index in [4.69, 9.17) is 9.31 Å². The van der Waals surface area contributed by atoms with E-state index < -0.39 is 18.3 Å². The molecular weight excluding hydrogens is 244 g/mol. The molecule has 0 amide bonds. The van der Waals surface area contributed by atoms with E-state index in [1.165, 1.54) is 6.07 Å². The zero-order chi connectivity index (χ0) is 13.8. The minimum absolute atomic E-state index is 0.264. The predicted octanol–water partition coefficient (Wildman–Crippen LogP) is 2.61. The number of aromatic nitrogens is 1. The first-order valence-electron chi connectivity index (χ1n) is 6.43. The van der Waals surface area contributed by atoms with Crippen molar-refractivity contribution in [2.24, 2.45) is 0 Å². The predicted molar refractivity (Wildman–Crippen MR) is 74.0 cm³/mol. The van der Waals surface area contributed by atoms with Crippen molar-refractivity contribution < 1.29 is 13.7 Å². The van der Waals surface area contributed by atoms with Crippen molar-refractivity contribution in [1.29, 1.82) is 0 Å². The number of halogens is 1. The van der Waals surface area contributed by atoms with Crippen LogP contribution < -0.4 is 5.46 Å². The van der Waals surface area contributed by atoms with Crippen LogP contribution in [0.2, 0.25) is 0 Å². The highest BCUT2D eigenvalue weighted by Gasteiger charge is 2.52. The number of nitrogens with one attached hydrogen (secondary N) is 1. The van der Waals surface area contributed by atoms with Crippen LogP contribution in [0.25, 0.3) is 10.9 Å². The molecule has 0 atom stereocenters. The second kappa shape index (κ2) is 3.84. The number of benzene rings is 1. The first-order valence-corrected chi connectivity index (χ1v) is 6.43. The zero-order valence-electron chi connectivity index (χ0n) is 11.6. The van der Waals surface area contributed by atoms with Crippen LogP contribution in [0.15, 0.2) is 24.4 Å². The first-order chi connectivity index (χ1) is 8.82. The maximum atomic E-state index is 13.7. The van der Waals surface area contributed by atoms with Crippen molar-refractivity contribution in [3.63, 3.8) is 0 Å². The first kappa shape index (κ1) is 12.7. The Morgan fingerprint density at radius 1 is 1.11 bits per heavy atom. The number of para-hydroxylation sites is 1. The second-order valence-electron chi connectivity index (χ2n) is 5.99. The van der Waals surface area contributed by atoms with E-state index in [0.29, 0.717) is 5.52 Å². The fourth-order valence-electron chi connectivity index (χ4n) is 2.30. The second-order valence-corrected chi connectivity index (χ2v) is 5.99. The summed E-state index contributed by atoms with van der Waals surface area (Å²) < 4.78 is 25.7. The Hall–Kier alpha value is -1.33. The minimum Gasteiger partial charge on any atom is -0.399 e. The lowest BCUT2D eigenvalue weighted by Crippen LogP contribution is -2.41. The highest BCUT2D eigenvalue weighted by molar-refractivity contribution is 6.65. The molecule has 1 N–H and O–H groups in total. The van der Waals surface area contributed by atoms with Crippen molar-refractivity contribution in [2.75, 3.05) is 0 Å². The summed E-state index contributed by atoms with van der Waals surface area (Å²) in [5.74, 6) is -0.264. The summed E-state index contributed by atoms with van der Waals surface area (Å²) in [5, 5.41) is 0.804. The van der Waals surface area contributed by atoms with Gasteiger partial charge in [-0.3, -0.25) is 0 Å². The van der Waals surface area contributed by atoms with Gasteiger partial charge in [0.05, 0.1) is 16.7 Å². The van der Waals surface area contributed by atoms with E-state index in [2.05, 4.69) is 4.98 Å². The highest BCUT2D eigenvalue weighted by Crippen LogP contribution is 2.37. The average Bonchev–Trinajstić information content (AvgIpc) is 2.80. The molecule has 0 saturated carbocycles. The summed E-state index contributed by atoms with van der Waals surface area (Å²) in [7, 11) is -0.472. The van der Waals surface area contributed by atoms with Gasteiger partial charge in [-0.15, -0.1) is 0 Å². The van der Waals surface area contributed by atoms with Gasteiger partial charge in [0.2, 0.25) is 0 Å². The maximum Gasteiger partial charge on any atom is 0.497 e. The van der Waals surface area contributed by atoms with E-state index in [-0.39, 0.29) is 5.82 Å². The van der Waals surface area contributed by atoms with Crippen molar-refractivity contribution in [3.05, 3.63) is 30.2 Å². The Bertz CT molecular complexity index is 619. The van der Waals surface area contributed by atoms with Gasteiger partial charge < -0.3 is 14.3 Å². The van der Waals surface area contributed by atoms with Gasteiger partial charge in [0, 0.05) is 17.0 Å². The van der Waals surface area contributed by atoms with Crippen LogP contribution in [0.5, 0.6) is 0 Å². The van der Waals surface area contributed by atoms with Crippen LogP contribution in [-0.2, 0) is 9.31 Å². The Balaban J connectivity index is 2.06. The molecule has 1 saturated heterocycles. The van der Waals surface area contributed by atoms with Crippen LogP contribution in [0.1, 0.15) is 27.7 Å². The Morgan fingerprint density at radius 2 is 1.74 bits per heavy atom. The number of hydrogen-bond donors (Lipinski definition) is 1. The van der Waals surface area contributed by atoms with Crippen LogP contribution in [-0.4, -0.2) is 23.3 Å². The molecule has 0 spiro atoms. The summed E-state index contributed by atoms with van der Waals surface area (Å²) in [4.78, 5) is 2.95. The van der Waals surface area contributed by atoms with Gasteiger partial charge in [-0.25, -0.2) is 4.39 Å². The van der Waals surface area contributed by atoms with Gasteiger partial charge in [-0.2, -0.15) is 0 Å². The standard InChI is InChI=1S/C14H17BFNO2/c1-13(2)14(3,4)19-15(18-13)10-8-17-12-9(10)6-5-7-11(12)16/h5-8,17H,1-4H3. The SMILES string of the molecule is CC1(C)OB(c2c[nH]c3c(F)cccc23)OC1(C)C. The highest BCUT2D eigenvalue weighted by atomic mass is 19.1. The Morgan fingerprint density at radius 3 is 2.37 bits per heavy atom. The molecule has 2 heterocycles. The molecule has 0 aliphatic carbocycles. The molecule has 0 bridgehead atoms. The van der Waals surface area contributed by atoms with E-state index in [0.717, 1.165) is 10.8 Å². The van der Waals surface area contributed by atoms with E-state index in [1.54, 1.807) is 12.3 Å². The molecule has 1 aromatic carbocycles. The maximum absolute atomic E-state index is 13.7. The van der Waals surface area contributed by atoms with Crippen LogP contribution in [0, 0.1) is 5.82 Å². The van der Waals surface area contributed by atoms with Crippen molar-refractivity contribution in [2.45, 2.75) is 38.9 Å². The molecule has 0 unspecified atom stereocenters. The molecule has 3 rings (SSSR count). The summed E-state index contributed by atoms with van der Waals surface area (Å²) in [5.41, 5.74) is 0.545. The fraction of sp³-hybridized carbons (Fsp3) is 0.429. The van der Waals surface area contributed by atoms with Gasteiger partial charge in [0.1, 0.15) is 5.82 Å². The molecule has 2 aromatic rings. The van der Waals surface area contributed by atoms with Gasteiger partial charge in [0.25, 0.3) is 0 Å². The number of fused-ring (bicyclic) bond motifs is 1. The van der Waals surface area contributed by atoms with Crippen molar-refractivity contribution >= 4 is 23.5 Å². The molecular formula is C14H17BFNO2. The minimum atomic E-state index is -0.472. The molecule has 1 aromatic heterocycles. The number of H-pyrrole nitrogens is 1. The fourth-order valence-corrected chi connectivity index (χ4v) is 2.30. The monoisotopic (exact) mass is 261 g/mol. The van der Waals surface area contributed by atoms with Crippen LogP contribution >= 0.6 is 0 Å². The lowest BCUT2D eigenvalue weighted by Gasteiger charge is -2.32. The normalized spacial score (nSPS) is 21.2.